The highest BCUT2D eigenvalue weighted by Crippen LogP contribution is 2.28. The number of carboxylic acids is 1. The number of halogens is 1. The fraction of sp³-hybridized carbons (Fsp3) is 0.182. The number of carboxylic acid groups (broad SMARTS) is 1. The molecule has 0 atom stereocenters. The van der Waals surface area contributed by atoms with E-state index in [4.69, 9.17) is 16.7 Å². The normalized spacial score (nSPS) is 11.1. The van der Waals surface area contributed by atoms with Gasteiger partial charge in [0.15, 0.2) is 11.5 Å². The Bertz CT molecular complexity index is 795. The molecule has 0 spiro atoms. The molecule has 0 aliphatic heterocycles. The van der Waals surface area contributed by atoms with E-state index in [1.165, 1.54) is 12.5 Å². The maximum absolute atomic E-state index is 11.1. The third-order valence-corrected chi connectivity index (χ3v) is 3.26. The van der Waals surface area contributed by atoms with Crippen molar-refractivity contribution in [2.75, 3.05) is 0 Å². The fourth-order valence-corrected chi connectivity index (χ4v) is 2.33. The molecule has 0 amide bonds. The molecule has 20 heavy (non-hydrogen) atoms. The molecule has 0 aliphatic rings. The van der Waals surface area contributed by atoms with Gasteiger partial charge in [0.2, 0.25) is 0 Å². The van der Waals surface area contributed by atoms with Gasteiger partial charge in [0.25, 0.3) is 0 Å². The zero-order chi connectivity index (χ0) is 14.3. The maximum Gasteiger partial charge on any atom is 0.338 e. The highest BCUT2D eigenvalue weighted by Gasteiger charge is 2.19. The first-order chi connectivity index (χ1) is 9.58. The average Bonchev–Trinajstić information content (AvgIpc) is 2.99. The molecule has 3 aromatic rings. The number of pyridine rings is 1. The molecule has 3 rings (SSSR count). The number of hydrogen-bond donors (Lipinski definition) is 2. The van der Waals surface area contributed by atoms with Crippen LogP contribution in [0.2, 0.25) is 5.02 Å². The molecule has 0 saturated heterocycles. The van der Waals surface area contributed by atoms with Gasteiger partial charge in [0.1, 0.15) is 12.9 Å². The third kappa shape index (κ3) is 1.90. The number of fused-ring (bicyclic) bond motifs is 1. The molecule has 0 aromatic carbocycles. The van der Waals surface area contributed by atoms with E-state index < -0.39 is 5.97 Å². The number of nitrogens with one attached hydrogen (secondary N) is 1. The largest absolute Gasteiger partial charge is 0.478 e. The van der Waals surface area contributed by atoms with Crippen LogP contribution < -0.4 is 0 Å². The van der Waals surface area contributed by atoms with Gasteiger partial charge in [-0.3, -0.25) is 0 Å². The van der Waals surface area contributed by atoms with E-state index in [1.807, 2.05) is 0 Å². The number of rotatable bonds is 3. The lowest BCUT2D eigenvalue weighted by Gasteiger charge is -2.02. The molecular formula is C11H9ClN6O2. The van der Waals surface area contributed by atoms with Crippen LogP contribution >= 0.6 is 11.6 Å². The standard InChI is InChI=1S/C11H9ClN6O2/c1-5-8-9(12)6(11(19)20)2-13-10(8)18(17-5)3-7-14-4-15-16-7/h2,4H,3H2,1H3,(H,19,20)(H,14,15,16). The van der Waals surface area contributed by atoms with Crippen LogP contribution in [0.3, 0.4) is 0 Å². The SMILES string of the molecule is Cc1nn(Cc2nnc[nH]2)c2ncc(C(=O)O)c(Cl)c12. The summed E-state index contributed by atoms with van der Waals surface area (Å²) in [5, 5.41) is 21.6. The quantitative estimate of drug-likeness (QED) is 0.752. The van der Waals surface area contributed by atoms with Gasteiger partial charge in [-0.1, -0.05) is 11.6 Å². The smallest absolute Gasteiger partial charge is 0.338 e. The average molecular weight is 293 g/mol. The number of carbonyl (C=O) groups is 1. The summed E-state index contributed by atoms with van der Waals surface area (Å²) >= 11 is 6.13. The molecule has 0 fully saturated rings. The minimum atomic E-state index is -1.12. The minimum Gasteiger partial charge on any atom is -0.478 e. The number of hydrogen-bond acceptors (Lipinski definition) is 5. The van der Waals surface area contributed by atoms with E-state index >= 15 is 0 Å². The van der Waals surface area contributed by atoms with Gasteiger partial charge in [0, 0.05) is 6.20 Å². The predicted molar refractivity (Wildman–Crippen MR) is 69.7 cm³/mol. The molecule has 0 unspecified atom stereocenters. The van der Waals surface area contributed by atoms with Crippen molar-refractivity contribution in [3.63, 3.8) is 0 Å². The van der Waals surface area contributed by atoms with Crippen molar-refractivity contribution in [3.05, 3.63) is 34.6 Å². The summed E-state index contributed by atoms with van der Waals surface area (Å²) in [6.45, 7) is 2.10. The molecule has 3 aromatic heterocycles. The zero-order valence-electron chi connectivity index (χ0n) is 10.3. The molecule has 0 aliphatic carbocycles. The Kier molecular flexibility index (Phi) is 2.87. The predicted octanol–water partition coefficient (Wildman–Crippen LogP) is 1.26. The Hall–Kier alpha value is -2.48. The van der Waals surface area contributed by atoms with Crippen LogP contribution in [0.5, 0.6) is 0 Å². The number of aryl methyl sites for hydroxylation is 1. The number of aromatic carboxylic acids is 1. The van der Waals surface area contributed by atoms with Crippen molar-refractivity contribution in [2.24, 2.45) is 0 Å². The van der Waals surface area contributed by atoms with E-state index in [9.17, 15) is 4.79 Å². The van der Waals surface area contributed by atoms with Crippen LogP contribution in [0.25, 0.3) is 11.0 Å². The molecule has 0 saturated carbocycles. The monoisotopic (exact) mass is 292 g/mol. The molecule has 8 nitrogen and oxygen atoms in total. The Morgan fingerprint density at radius 3 is 3.00 bits per heavy atom. The van der Waals surface area contributed by atoms with Crippen LogP contribution in [0, 0.1) is 6.92 Å². The van der Waals surface area contributed by atoms with Crippen molar-refractivity contribution in [3.8, 4) is 0 Å². The third-order valence-electron chi connectivity index (χ3n) is 2.87. The van der Waals surface area contributed by atoms with Crippen molar-refractivity contribution < 1.29 is 9.90 Å². The van der Waals surface area contributed by atoms with E-state index in [1.54, 1.807) is 11.6 Å². The van der Waals surface area contributed by atoms with Gasteiger partial charge in [-0.2, -0.15) is 5.10 Å². The Labute approximate surface area is 117 Å². The maximum atomic E-state index is 11.1. The lowest BCUT2D eigenvalue weighted by Crippen LogP contribution is -2.05. The fourth-order valence-electron chi connectivity index (χ4n) is 1.98. The first-order valence-corrected chi connectivity index (χ1v) is 6.05. The number of aromatic nitrogens is 6. The summed E-state index contributed by atoms with van der Waals surface area (Å²) in [5.41, 5.74) is 1.08. The van der Waals surface area contributed by atoms with Crippen LogP contribution in [0.1, 0.15) is 21.9 Å². The topological polar surface area (TPSA) is 110 Å². The molecule has 102 valence electrons. The zero-order valence-corrected chi connectivity index (χ0v) is 11.1. The van der Waals surface area contributed by atoms with E-state index in [0.717, 1.165) is 0 Å². The molecular weight excluding hydrogens is 284 g/mol. The first-order valence-electron chi connectivity index (χ1n) is 5.67. The summed E-state index contributed by atoms with van der Waals surface area (Å²) in [6.07, 6.45) is 2.70. The Morgan fingerprint density at radius 1 is 1.55 bits per heavy atom. The van der Waals surface area contributed by atoms with E-state index in [2.05, 4.69) is 25.3 Å². The lowest BCUT2D eigenvalue weighted by atomic mass is 10.2. The summed E-state index contributed by atoms with van der Waals surface area (Å²) in [4.78, 5) is 18.1. The van der Waals surface area contributed by atoms with Gasteiger partial charge in [-0.25, -0.2) is 14.5 Å². The summed E-state index contributed by atoms with van der Waals surface area (Å²) < 4.78 is 1.60. The second-order valence-corrected chi connectivity index (χ2v) is 4.55. The number of nitrogens with zero attached hydrogens (tertiary/aromatic N) is 5. The van der Waals surface area contributed by atoms with Gasteiger partial charge in [-0.05, 0) is 6.92 Å². The first kappa shape index (κ1) is 12.5. The molecule has 2 N–H and O–H groups in total. The minimum absolute atomic E-state index is 0.0403. The highest BCUT2D eigenvalue weighted by atomic mass is 35.5. The van der Waals surface area contributed by atoms with E-state index in [-0.39, 0.29) is 10.6 Å². The van der Waals surface area contributed by atoms with Crippen molar-refractivity contribution >= 4 is 28.6 Å². The Morgan fingerprint density at radius 2 is 2.35 bits per heavy atom. The van der Waals surface area contributed by atoms with E-state index in [0.29, 0.717) is 29.1 Å². The van der Waals surface area contributed by atoms with Crippen molar-refractivity contribution in [2.45, 2.75) is 13.5 Å². The van der Waals surface area contributed by atoms with Crippen LogP contribution in [-0.4, -0.2) is 41.0 Å². The second kappa shape index (κ2) is 4.57. The molecule has 0 radical (unpaired) electrons. The molecule has 3 heterocycles. The van der Waals surface area contributed by atoms with Crippen molar-refractivity contribution in [1.82, 2.24) is 29.9 Å². The van der Waals surface area contributed by atoms with Crippen molar-refractivity contribution in [1.29, 1.82) is 0 Å². The van der Waals surface area contributed by atoms with Crippen LogP contribution in [0.4, 0.5) is 0 Å². The van der Waals surface area contributed by atoms with Gasteiger partial charge >= 0.3 is 5.97 Å². The Balaban J connectivity index is 2.17. The second-order valence-electron chi connectivity index (χ2n) is 4.17. The van der Waals surface area contributed by atoms with Gasteiger partial charge in [-0.15, -0.1) is 10.2 Å². The summed E-state index contributed by atoms with van der Waals surface area (Å²) in [6, 6.07) is 0. The molecule has 9 heteroatoms. The highest BCUT2D eigenvalue weighted by molar-refractivity contribution is 6.38. The lowest BCUT2D eigenvalue weighted by molar-refractivity contribution is 0.0697. The summed E-state index contributed by atoms with van der Waals surface area (Å²) in [7, 11) is 0. The number of aromatic amines is 1. The summed E-state index contributed by atoms with van der Waals surface area (Å²) in [5.74, 6) is -0.499. The molecule has 0 bridgehead atoms. The number of H-pyrrole nitrogens is 1. The van der Waals surface area contributed by atoms with Gasteiger partial charge < -0.3 is 10.1 Å². The van der Waals surface area contributed by atoms with Crippen LogP contribution in [0.15, 0.2) is 12.5 Å². The van der Waals surface area contributed by atoms with Crippen LogP contribution in [-0.2, 0) is 6.54 Å². The van der Waals surface area contributed by atoms with Gasteiger partial charge in [0.05, 0.1) is 21.7 Å².